The van der Waals surface area contributed by atoms with E-state index in [9.17, 15) is 5.11 Å². The van der Waals surface area contributed by atoms with Crippen LogP contribution in [0.2, 0.25) is 0 Å². The normalized spacial score (nSPS) is 53.0. The minimum atomic E-state index is 0.0324. The fourth-order valence-corrected chi connectivity index (χ4v) is 2.63. The van der Waals surface area contributed by atoms with E-state index < -0.39 is 0 Å². The summed E-state index contributed by atoms with van der Waals surface area (Å²) in [5.41, 5.74) is 0.484. The molecule has 1 nitrogen and oxygen atoms in total. The lowest BCUT2D eigenvalue weighted by Gasteiger charge is -2.10. The molecule has 1 N–H and O–H groups in total. The molecule has 0 aliphatic heterocycles. The van der Waals surface area contributed by atoms with E-state index in [0.29, 0.717) is 11.3 Å². The summed E-state index contributed by atoms with van der Waals surface area (Å²) in [5, 5.41) is 9.37. The lowest BCUT2D eigenvalue weighted by molar-refractivity contribution is 0.138. The summed E-state index contributed by atoms with van der Waals surface area (Å²) in [4.78, 5) is 0. The van der Waals surface area contributed by atoms with E-state index in [1.165, 1.54) is 6.42 Å². The second-order valence-electron chi connectivity index (χ2n) is 4.10. The van der Waals surface area contributed by atoms with Crippen LogP contribution in [0, 0.1) is 17.3 Å². The van der Waals surface area contributed by atoms with E-state index in [4.69, 9.17) is 0 Å². The second kappa shape index (κ2) is 1.34. The Morgan fingerprint density at radius 2 is 2.00 bits per heavy atom. The molecule has 2 aliphatic rings. The van der Waals surface area contributed by atoms with E-state index in [1.807, 2.05) is 0 Å². The van der Waals surface area contributed by atoms with Gasteiger partial charge in [0.25, 0.3) is 0 Å². The molecule has 2 rings (SSSR count). The van der Waals surface area contributed by atoms with Crippen molar-refractivity contribution in [2.24, 2.45) is 17.3 Å². The van der Waals surface area contributed by atoms with Gasteiger partial charge in [0.2, 0.25) is 0 Å². The number of aliphatic hydroxyl groups is 1. The maximum atomic E-state index is 9.37. The number of hydrogen-bond donors (Lipinski definition) is 1. The van der Waals surface area contributed by atoms with Gasteiger partial charge in [0.15, 0.2) is 0 Å². The predicted molar refractivity (Wildman–Crippen MR) is 36.0 cm³/mol. The highest BCUT2D eigenvalue weighted by molar-refractivity contribution is 5.11. The van der Waals surface area contributed by atoms with Gasteiger partial charge in [-0.15, -0.1) is 0 Å². The molecule has 0 unspecified atom stereocenters. The van der Waals surface area contributed by atoms with Crippen molar-refractivity contribution in [2.45, 2.75) is 32.8 Å². The van der Waals surface area contributed by atoms with Crippen LogP contribution >= 0.6 is 0 Å². The lowest BCUT2D eigenvalue weighted by atomic mass is 9.99. The molecule has 1 heteroatoms. The summed E-state index contributed by atoms with van der Waals surface area (Å²) in [6.07, 6.45) is 2.35. The zero-order valence-electron chi connectivity index (χ0n) is 6.09. The van der Waals surface area contributed by atoms with Crippen molar-refractivity contribution in [2.75, 3.05) is 0 Å². The first-order chi connectivity index (χ1) is 4.14. The first-order valence-electron chi connectivity index (χ1n) is 3.82. The van der Waals surface area contributed by atoms with Crippen molar-refractivity contribution >= 4 is 0 Å². The van der Waals surface area contributed by atoms with Gasteiger partial charge < -0.3 is 5.11 Å². The smallest absolute Gasteiger partial charge is 0.0576 e. The molecule has 0 radical (unpaired) electrons. The molecule has 0 amide bonds. The molecule has 9 heavy (non-hydrogen) atoms. The average molecular weight is 126 g/mol. The molecular formula is C8H14O. The molecule has 0 bridgehead atoms. The first kappa shape index (κ1) is 5.72. The van der Waals surface area contributed by atoms with Crippen LogP contribution in [0.3, 0.4) is 0 Å². The summed E-state index contributed by atoms with van der Waals surface area (Å²) in [6, 6.07) is 0. The number of rotatable bonds is 0. The Bertz CT molecular complexity index is 140. The largest absolute Gasteiger partial charge is 0.393 e. The number of aliphatic hydroxyl groups excluding tert-OH is 1. The summed E-state index contributed by atoms with van der Waals surface area (Å²) in [6.45, 7) is 4.54. The summed E-state index contributed by atoms with van der Waals surface area (Å²) < 4.78 is 0. The van der Waals surface area contributed by atoms with E-state index >= 15 is 0 Å². The number of hydrogen-bond acceptors (Lipinski definition) is 1. The Labute approximate surface area is 56.1 Å². The van der Waals surface area contributed by atoms with Gasteiger partial charge in [-0.1, -0.05) is 13.8 Å². The van der Waals surface area contributed by atoms with Crippen LogP contribution in [0.25, 0.3) is 0 Å². The molecule has 0 aromatic heterocycles. The fraction of sp³-hybridized carbons (Fsp3) is 1.00. The summed E-state index contributed by atoms with van der Waals surface area (Å²) in [7, 11) is 0. The minimum Gasteiger partial charge on any atom is -0.393 e. The Balaban J connectivity index is 2.14. The Morgan fingerprint density at radius 3 is 2.22 bits per heavy atom. The van der Waals surface area contributed by atoms with Gasteiger partial charge >= 0.3 is 0 Å². The summed E-state index contributed by atoms with van der Waals surface area (Å²) in [5.74, 6) is 1.50. The minimum absolute atomic E-state index is 0.0324. The molecule has 0 aromatic rings. The third kappa shape index (κ3) is 0.536. The average Bonchev–Trinajstić information content (AvgIpc) is 2.19. The van der Waals surface area contributed by atoms with Crippen LogP contribution in [0.4, 0.5) is 0 Å². The molecule has 0 spiro atoms. The van der Waals surface area contributed by atoms with Crippen molar-refractivity contribution in [3.05, 3.63) is 0 Å². The molecule has 2 aliphatic carbocycles. The maximum Gasteiger partial charge on any atom is 0.0576 e. The highest BCUT2D eigenvalue weighted by Gasteiger charge is 2.63. The van der Waals surface area contributed by atoms with Crippen LogP contribution in [0.1, 0.15) is 26.7 Å². The van der Waals surface area contributed by atoms with Gasteiger partial charge in [-0.2, -0.15) is 0 Å². The SMILES string of the molecule is CC1(C)[C@@H]2[C@H]1CC[C@@H]2O. The Morgan fingerprint density at radius 1 is 1.33 bits per heavy atom. The van der Waals surface area contributed by atoms with E-state index in [2.05, 4.69) is 13.8 Å². The maximum absolute atomic E-state index is 9.37. The lowest BCUT2D eigenvalue weighted by Crippen LogP contribution is -2.10. The fourth-order valence-electron chi connectivity index (χ4n) is 2.63. The molecule has 2 saturated carbocycles. The van der Waals surface area contributed by atoms with Gasteiger partial charge in [-0.3, -0.25) is 0 Å². The Hall–Kier alpha value is -0.0400. The van der Waals surface area contributed by atoms with Crippen molar-refractivity contribution in [1.82, 2.24) is 0 Å². The van der Waals surface area contributed by atoms with E-state index in [0.717, 1.165) is 12.3 Å². The first-order valence-corrected chi connectivity index (χ1v) is 3.82. The molecule has 3 atom stereocenters. The van der Waals surface area contributed by atoms with Crippen molar-refractivity contribution in [3.8, 4) is 0 Å². The van der Waals surface area contributed by atoms with E-state index in [-0.39, 0.29) is 6.10 Å². The highest BCUT2D eigenvalue weighted by atomic mass is 16.3. The predicted octanol–water partition coefficient (Wildman–Crippen LogP) is 1.41. The third-order valence-corrected chi connectivity index (χ3v) is 3.33. The van der Waals surface area contributed by atoms with Gasteiger partial charge in [0.1, 0.15) is 0 Å². The molecular weight excluding hydrogens is 112 g/mol. The topological polar surface area (TPSA) is 20.2 Å². The molecule has 0 heterocycles. The quantitative estimate of drug-likeness (QED) is 0.520. The van der Waals surface area contributed by atoms with Gasteiger partial charge in [0.05, 0.1) is 6.10 Å². The second-order valence-corrected chi connectivity index (χ2v) is 4.10. The number of fused-ring (bicyclic) bond motifs is 1. The van der Waals surface area contributed by atoms with E-state index in [1.54, 1.807) is 0 Å². The molecule has 2 fully saturated rings. The van der Waals surface area contributed by atoms with Gasteiger partial charge in [0, 0.05) is 0 Å². The van der Waals surface area contributed by atoms with Gasteiger partial charge in [-0.05, 0) is 30.1 Å². The van der Waals surface area contributed by atoms with Crippen LogP contribution in [0.5, 0.6) is 0 Å². The zero-order chi connectivity index (χ0) is 6.65. The standard InChI is InChI=1S/C8H14O/c1-8(2)5-3-4-6(9)7(5)8/h5-7,9H,3-4H2,1-2H3/t5-,6+,7-/m1/s1. The third-order valence-electron chi connectivity index (χ3n) is 3.33. The molecule has 0 aromatic carbocycles. The van der Waals surface area contributed by atoms with Crippen molar-refractivity contribution in [3.63, 3.8) is 0 Å². The molecule has 52 valence electrons. The van der Waals surface area contributed by atoms with Crippen LogP contribution in [0.15, 0.2) is 0 Å². The zero-order valence-corrected chi connectivity index (χ0v) is 6.09. The van der Waals surface area contributed by atoms with Crippen molar-refractivity contribution in [1.29, 1.82) is 0 Å². The van der Waals surface area contributed by atoms with Crippen molar-refractivity contribution < 1.29 is 5.11 Å². The highest BCUT2D eigenvalue weighted by Crippen LogP contribution is 2.66. The van der Waals surface area contributed by atoms with Gasteiger partial charge in [-0.25, -0.2) is 0 Å². The monoisotopic (exact) mass is 126 g/mol. The van der Waals surface area contributed by atoms with Crippen LogP contribution in [-0.2, 0) is 0 Å². The van der Waals surface area contributed by atoms with Crippen LogP contribution in [-0.4, -0.2) is 11.2 Å². The Kier molecular flexibility index (Phi) is 0.852. The van der Waals surface area contributed by atoms with Crippen LogP contribution < -0.4 is 0 Å². The summed E-state index contributed by atoms with van der Waals surface area (Å²) >= 11 is 0. The molecule has 0 saturated heterocycles.